The van der Waals surface area contributed by atoms with Gasteiger partial charge in [0.1, 0.15) is 5.82 Å². The van der Waals surface area contributed by atoms with E-state index in [4.69, 9.17) is 9.52 Å². The van der Waals surface area contributed by atoms with E-state index in [0.717, 1.165) is 12.1 Å². The minimum absolute atomic E-state index is 0.188. The number of benzene rings is 1. The zero-order chi connectivity index (χ0) is 18.0. The summed E-state index contributed by atoms with van der Waals surface area (Å²) in [5.74, 6) is -0.0331. The van der Waals surface area contributed by atoms with E-state index >= 15 is 0 Å². The molecule has 0 spiro atoms. The number of furan rings is 1. The van der Waals surface area contributed by atoms with Crippen LogP contribution < -0.4 is 5.32 Å². The number of hydrogen-bond donors (Lipinski definition) is 2. The first kappa shape index (κ1) is 16.8. The predicted octanol–water partition coefficient (Wildman–Crippen LogP) is 2.91. The second-order valence-corrected chi connectivity index (χ2v) is 6.20. The fourth-order valence-corrected chi connectivity index (χ4v) is 2.67. The van der Waals surface area contributed by atoms with E-state index in [1.807, 2.05) is 4.57 Å². The fraction of sp³-hybridized carbons (Fsp3) is 0.278. The SMILES string of the molecule is CC(C)Cn1c(CNC(=O)c2ccco2)nc2cc(C(=O)O)ccc21. The van der Waals surface area contributed by atoms with Crippen LogP contribution >= 0.6 is 0 Å². The number of carbonyl (C=O) groups excluding carboxylic acids is 1. The van der Waals surface area contributed by atoms with Crippen LogP contribution in [0.25, 0.3) is 11.0 Å². The first-order chi connectivity index (χ1) is 12.0. The van der Waals surface area contributed by atoms with Crippen LogP contribution in [0.15, 0.2) is 41.0 Å². The van der Waals surface area contributed by atoms with E-state index in [2.05, 4.69) is 24.1 Å². The molecule has 130 valence electrons. The molecule has 3 aromatic rings. The molecule has 1 aromatic carbocycles. The molecule has 0 unspecified atom stereocenters. The highest BCUT2D eigenvalue weighted by atomic mass is 16.4. The molecule has 2 aromatic heterocycles. The second kappa shape index (κ2) is 6.80. The summed E-state index contributed by atoms with van der Waals surface area (Å²) < 4.78 is 7.08. The molecular formula is C18H19N3O4. The number of hydrogen-bond acceptors (Lipinski definition) is 4. The normalized spacial score (nSPS) is 11.2. The van der Waals surface area contributed by atoms with Gasteiger partial charge in [-0.25, -0.2) is 9.78 Å². The first-order valence-corrected chi connectivity index (χ1v) is 8.00. The smallest absolute Gasteiger partial charge is 0.335 e. The first-order valence-electron chi connectivity index (χ1n) is 8.00. The van der Waals surface area contributed by atoms with Crippen LogP contribution in [-0.2, 0) is 13.1 Å². The van der Waals surface area contributed by atoms with Crippen molar-refractivity contribution in [3.05, 3.63) is 53.7 Å². The third-order valence-corrected chi connectivity index (χ3v) is 3.77. The maximum Gasteiger partial charge on any atom is 0.335 e. The second-order valence-electron chi connectivity index (χ2n) is 6.20. The van der Waals surface area contributed by atoms with Gasteiger partial charge >= 0.3 is 5.97 Å². The third-order valence-electron chi connectivity index (χ3n) is 3.77. The summed E-state index contributed by atoms with van der Waals surface area (Å²) in [5.41, 5.74) is 1.64. The summed E-state index contributed by atoms with van der Waals surface area (Å²) in [6, 6.07) is 8.11. The molecule has 0 fully saturated rings. The molecule has 0 saturated heterocycles. The number of carboxylic acid groups (broad SMARTS) is 1. The quantitative estimate of drug-likeness (QED) is 0.718. The molecule has 0 radical (unpaired) electrons. The molecule has 0 bridgehead atoms. The average Bonchev–Trinajstić information content (AvgIpc) is 3.20. The number of amides is 1. The van der Waals surface area contributed by atoms with Gasteiger partial charge in [0.2, 0.25) is 0 Å². The zero-order valence-electron chi connectivity index (χ0n) is 14.0. The number of fused-ring (bicyclic) bond motifs is 1. The van der Waals surface area contributed by atoms with Gasteiger partial charge in [-0.1, -0.05) is 13.8 Å². The lowest BCUT2D eigenvalue weighted by atomic mass is 10.2. The van der Waals surface area contributed by atoms with Crippen molar-refractivity contribution in [1.29, 1.82) is 0 Å². The highest BCUT2D eigenvalue weighted by molar-refractivity contribution is 5.93. The highest BCUT2D eigenvalue weighted by Gasteiger charge is 2.16. The lowest BCUT2D eigenvalue weighted by Gasteiger charge is -2.12. The number of aromatic nitrogens is 2. The maximum atomic E-state index is 12.1. The lowest BCUT2D eigenvalue weighted by molar-refractivity contribution is 0.0696. The molecule has 2 heterocycles. The third kappa shape index (κ3) is 3.55. The molecule has 0 aliphatic carbocycles. The maximum absolute atomic E-state index is 12.1. The molecule has 1 amide bonds. The number of nitrogens with zero attached hydrogens (tertiary/aromatic N) is 2. The number of aromatic carboxylic acids is 1. The lowest BCUT2D eigenvalue weighted by Crippen LogP contribution is -2.24. The Bertz CT molecular complexity index is 910. The van der Waals surface area contributed by atoms with Crippen molar-refractivity contribution in [2.45, 2.75) is 26.9 Å². The molecular weight excluding hydrogens is 322 g/mol. The van der Waals surface area contributed by atoms with Crippen molar-refractivity contribution >= 4 is 22.9 Å². The summed E-state index contributed by atoms with van der Waals surface area (Å²) in [4.78, 5) is 27.7. The van der Waals surface area contributed by atoms with E-state index in [9.17, 15) is 9.59 Å². The molecule has 0 aliphatic rings. The van der Waals surface area contributed by atoms with Gasteiger partial charge < -0.3 is 19.4 Å². The summed E-state index contributed by atoms with van der Waals surface area (Å²) in [5, 5.41) is 11.9. The van der Waals surface area contributed by atoms with Crippen LogP contribution in [0.4, 0.5) is 0 Å². The molecule has 25 heavy (non-hydrogen) atoms. The molecule has 0 saturated carbocycles. The summed E-state index contributed by atoms with van der Waals surface area (Å²) in [7, 11) is 0. The monoisotopic (exact) mass is 341 g/mol. The Morgan fingerprint density at radius 2 is 2.12 bits per heavy atom. The van der Waals surface area contributed by atoms with Crippen molar-refractivity contribution in [3.63, 3.8) is 0 Å². The van der Waals surface area contributed by atoms with Gasteiger partial charge in [0.05, 0.1) is 29.4 Å². The topological polar surface area (TPSA) is 97.4 Å². The number of nitrogens with one attached hydrogen (secondary N) is 1. The van der Waals surface area contributed by atoms with Crippen molar-refractivity contribution < 1.29 is 19.1 Å². The minimum atomic E-state index is -0.993. The average molecular weight is 341 g/mol. The Balaban J connectivity index is 1.91. The summed E-state index contributed by atoms with van der Waals surface area (Å²) in [6.07, 6.45) is 1.44. The Morgan fingerprint density at radius 3 is 2.76 bits per heavy atom. The van der Waals surface area contributed by atoms with Gasteiger partial charge in [-0.2, -0.15) is 0 Å². The van der Waals surface area contributed by atoms with Crippen LogP contribution in [-0.4, -0.2) is 26.5 Å². The fourth-order valence-electron chi connectivity index (χ4n) is 2.67. The predicted molar refractivity (Wildman–Crippen MR) is 91.4 cm³/mol. The van der Waals surface area contributed by atoms with E-state index in [1.54, 1.807) is 30.3 Å². The molecule has 0 aliphatic heterocycles. The van der Waals surface area contributed by atoms with E-state index < -0.39 is 5.97 Å². The van der Waals surface area contributed by atoms with Crippen LogP contribution in [0, 0.1) is 5.92 Å². The van der Waals surface area contributed by atoms with Gasteiger partial charge in [-0.05, 0) is 36.2 Å². The number of rotatable bonds is 6. The van der Waals surface area contributed by atoms with Gasteiger partial charge in [0.25, 0.3) is 5.91 Å². The van der Waals surface area contributed by atoms with Crippen molar-refractivity contribution in [3.8, 4) is 0 Å². The van der Waals surface area contributed by atoms with Crippen LogP contribution in [0.1, 0.15) is 40.6 Å². The van der Waals surface area contributed by atoms with E-state index in [0.29, 0.717) is 17.3 Å². The standard InChI is InChI=1S/C18H19N3O4/c1-11(2)10-21-14-6-5-12(18(23)24)8-13(14)20-16(21)9-19-17(22)15-4-3-7-25-15/h3-8,11H,9-10H2,1-2H3,(H,19,22)(H,23,24). The summed E-state index contributed by atoms with van der Waals surface area (Å²) in [6.45, 7) is 5.11. The van der Waals surface area contributed by atoms with Crippen LogP contribution in [0.2, 0.25) is 0 Å². The molecule has 7 heteroatoms. The largest absolute Gasteiger partial charge is 0.478 e. The van der Waals surface area contributed by atoms with Gasteiger partial charge in [-0.15, -0.1) is 0 Å². The highest BCUT2D eigenvalue weighted by Crippen LogP contribution is 2.20. The van der Waals surface area contributed by atoms with Crippen LogP contribution in [0.5, 0.6) is 0 Å². The zero-order valence-corrected chi connectivity index (χ0v) is 14.0. The van der Waals surface area contributed by atoms with Crippen LogP contribution in [0.3, 0.4) is 0 Å². The van der Waals surface area contributed by atoms with Gasteiger partial charge in [0.15, 0.2) is 5.76 Å². The Morgan fingerprint density at radius 1 is 1.32 bits per heavy atom. The number of carboxylic acids is 1. The van der Waals surface area contributed by atoms with Crippen molar-refractivity contribution in [2.75, 3.05) is 0 Å². The Labute approximate surface area is 144 Å². The summed E-state index contributed by atoms with van der Waals surface area (Å²) >= 11 is 0. The van der Waals surface area contributed by atoms with E-state index in [-0.39, 0.29) is 23.8 Å². The minimum Gasteiger partial charge on any atom is -0.478 e. The van der Waals surface area contributed by atoms with Gasteiger partial charge in [-0.3, -0.25) is 4.79 Å². The Hall–Kier alpha value is -3.09. The van der Waals surface area contributed by atoms with E-state index in [1.165, 1.54) is 6.26 Å². The molecule has 7 nitrogen and oxygen atoms in total. The molecule has 2 N–H and O–H groups in total. The van der Waals surface area contributed by atoms with Crippen molar-refractivity contribution in [1.82, 2.24) is 14.9 Å². The van der Waals surface area contributed by atoms with Gasteiger partial charge in [0, 0.05) is 6.54 Å². The molecule has 3 rings (SSSR count). The van der Waals surface area contributed by atoms with Crippen molar-refractivity contribution in [2.24, 2.45) is 5.92 Å². The molecule has 0 atom stereocenters. The number of imidazole rings is 1. The number of carbonyl (C=O) groups is 2. The Kier molecular flexibility index (Phi) is 4.56.